The van der Waals surface area contributed by atoms with Gasteiger partial charge in [-0.25, -0.2) is 0 Å². The van der Waals surface area contributed by atoms with Crippen molar-refractivity contribution in [2.24, 2.45) is 5.73 Å². The Morgan fingerprint density at radius 3 is 2.88 bits per heavy atom. The monoisotopic (exact) mass is 316 g/mol. The molecule has 0 radical (unpaired) electrons. The van der Waals surface area contributed by atoms with Crippen LogP contribution < -0.4 is 5.73 Å². The summed E-state index contributed by atoms with van der Waals surface area (Å²) < 4.78 is 0.923. The van der Waals surface area contributed by atoms with Crippen LogP contribution in [0.25, 0.3) is 0 Å². The molecule has 5 heteroatoms. The number of amides is 1. The second-order valence-corrected chi connectivity index (χ2v) is 5.48. The maximum atomic E-state index is 11.8. The third-order valence-corrected chi connectivity index (χ3v) is 3.91. The molecule has 1 fully saturated rings. The first-order valence-electron chi connectivity index (χ1n) is 5.54. The number of carbonyl (C=O) groups excluding carboxylic acids is 1. The second kappa shape index (κ2) is 4.96. The Morgan fingerprint density at radius 1 is 1.59 bits per heavy atom. The van der Waals surface area contributed by atoms with Crippen LogP contribution in [-0.4, -0.2) is 23.4 Å². The minimum atomic E-state index is -0.180. The average Bonchev–Trinajstić information content (AvgIpc) is 2.53. The van der Waals surface area contributed by atoms with Gasteiger partial charge in [0.15, 0.2) is 0 Å². The van der Waals surface area contributed by atoms with Gasteiger partial charge in [0, 0.05) is 28.5 Å². The van der Waals surface area contributed by atoms with Gasteiger partial charge in [-0.1, -0.05) is 33.6 Å². The van der Waals surface area contributed by atoms with Crippen molar-refractivity contribution < 1.29 is 4.79 Å². The van der Waals surface area contributed by atoms with Crippen LogP contribution >= 0.6 is 27.5 Å². The zero-order valence-electron chi connectivity index (χ0n) is 9.49. The van der Waals surface area contributed by atoms with Crippen LogP contribution in [0.15, 0.2) is 22.7 Å². The maximum absolute atomic E-state index is 11.8. The minimum absolute atomic E-state index is 0.101. The van der Waals surface area contributed by atoms with E-state index in [2.05, 4.69) is 15.9 Å². The molecule has 2 rings (SSSR count). The topological polar surface area (TPSA) is 46.3 Å². The molecule has 2 N–H and O–H groups in total. The molecular weight excluding hydrogens is 304 g/mol. The lowest BCUT2D eigenvalue weighted by atomic mass is 10.0. The molecule has 1 saturated heterocycles. The van der Waals surface area contributed by atoms with Crippen LogP contribution in [0.5, 0.6) is 0 Å². The van der Waals surface area contributed by atoms with E-state index in [1.54, 1.807) is 4.90 Å². The second-order valence-electron chi connectivity index (χ2n) is 4.16. The molecular formula is C12H14BrClN2O. The van der Waals surface area contributed by atoms with Crippen molar-refractivity contribution >= 4 is 33.4 Å². The van der Waals surface area contributed by atoms with Crippen molar-refractivity contribution in [1.29, 1.82) is 0 Å². The molecule has 3 nitrogen and oxygen atoms in total. The highest BCUT2D eigenvalue weighted by Crippen LogP contribution is 2.36. The van der Waals surface area contributed by atoms with E-state index >= 15 is 0 Å². The van der Waals surface area contributed by atoms with E-state index in [4.69, 9.17) is 17.3 Å². The SMILES string of the molecule is CCN1C(=O)CC(N)C1c1ccc(Br)cc1Cl. The Hall–Kier alpha value is -0.580. The van der Waals surface area contributed by atoms with Gasteiger partial charge >= 0.3 is 0 Å². The lowest BCUT2D eigenvalue weighted by molar-refractivity contribution is -0.128. The number of hydrogen-bond acceptors (Lipinski definition) is 2. The summed E-state index contributed by atoms with van der Waals surface area (Å²) in [5, 5.41) is 0.646. The van der Waals surface area contributed by atoms with Crippen molar-refractivity contribution in [1.82, 2.24) is 4.90 Å². The predicted molar refractivity (Wildman–Crippen MR) is 71.9 cm³/mol. The summed E-state index contributed by atoms with van der Waals surface area (Å²) >= 11 is 9.59. The number of nitrogens with zero attached hydrogens (tertiary/aromatic N) is 1. The number of benzene rings is 1. The summed E-state index contributed by atoms with van der Waals surface area (Å²) in [6.45, 7) is 2.61. The quantitative estimate of drug-likeness (QED) is 0.911. The van der Waals surface area contributed by atoms with Crippen LogP contribution in [0.2, 0.25) is 5.02 Å². The normalized spacial score (nSPS) is 24.5. The van der Waals surface area contributed by atoms with Crippen LogP contribution in [-0.2, 0) is 4.79 Å². The summed E-state index contributed by atoms with van der Waals surface area (Å²) in [7, 11) is 0. The molecule has 2 atom stereocenters. The molecule has 0 aliphatic carbocycles. The number of likely N-dealkylation sites (tertiary alicyclic amines) is 1. The van der Waals surface area contributed by atoms with Crippen LogP contribution in [0, 0.1) is 0 Å². The summed E-state index contributed by atoms with van der Waals surface area (Å²) in [4.78, 5) is 13.6. The Balaban J connectivity index is 2.41. The van der Waals surface area contributed by atoms with Gasteiger partial charge in [0.1, 0.15) is 0 Å². The van der Waals surface area contributed by atoms with Gasteiger partial charge in [0.25, 0.3) is 0 Å². The summed E-state index contributed by atoms with van der Waals surface area (Å²) in [5.41, 5.74) is 6.97. The molecule has 17 heavy (non-hydrogen) atoms. The van der Waals surface area contributed by atoms with Gasteiger partial charge in [0.05, 0.1) is 6.04 Å². The highest BCUT2D eigenvalue weighted by molar-refractivity contribution is 9.10. The van der Waals surface area contributed by atoms with Crippen molar-refractivity contribution in [3.63, 3.8) is 0 Å². The van der Waals surface area contributed by atoms with Gasteiger partial charge in [0.2, 0.25) is 5.91 Å². The highest BCUT2D eigenvalue weighted by Gasteiger charge is 2.38. The fourth-order valence-electron chi connectivity index (χ4n) is 2.33. The number of carbonyl (C=O) groups is 1. The van der Waals surface area contributed by atoms with E-state index in [0.717, 1.165) is 10.0 Å². The third kappa shape index (κ3) is 2.34. The lowest BCUT2D eigenvalue weighted by Gasteiger charge is -2.26. The van der Waals surface area contributed by atoms with Crippen molar-refractivity contribution in [2.75, 3.05) is 6.54 Å². The molecule has 1 heterocycles. The molecule has 0 saturated carbocycles. The van der Waals surface area contributed by atoms with Gasteiger partial charge < -0.3 is 10.6 Å². The predicted octanol–water partition coefficient (Wildman–Crippen LogP) is 2.72. The molecule has 2 unspecified atom stereocenters. The van der Waals surface area contributed by atoms with Gasteiger partial charge in [-0.3, -0.25) is 4.79 Å². The van der Waals surface area contributed by atoms with E-state index in [-0.39, 0.29) is 18.0 Å². The summed E-state index contributed by atoms with van der Waals surface area (Å²) in [5.74, 6) is 0.101. The minimum Gasteiger partial charge on any atom is -0.334 e. The average molecular weight is 318 g/mol. The van der Waals surface area contributed by atoms with Gasteiger partial charge in [-0.2, -0.15) is 0 Å². The number of nitrogens with two attached hydrogens (primary N) is 1. The molecule has 0 spiro atoms. The first kappa shape index (κ1) is 12.9. The van der Waals surface area contributed by atoms with Crippen LogP contribution in [0.4, 0.5) is 0 Å². The Kier molecular flexibility index (Phi) is 3.76. The molecule has 1 aliphatic rings. The lowest BCUT2D eigenvalue weighted by Crippen LogP contribution is -2.33. The number of halogens is 2. The fourth-order valence-corrected chi connectivity index (χ4v) is 3.11. The summed E-state index contributed by atoms with van der Waals surface area (Å²) in [6, 6.07) is 5.40. The fraction of sp³-hybridized carbons (Fsp3) is 0.417. The third-order valence-electron chi connectivity index (χ3n) is 3.09. The van der Waals surface area contributed by atoms with E-state index in [0.29, 0.717) is 18.0 Å². The van der Waals surface area contributed by atoms with E-state index in [1.165, 1.54) is 0 Å². The molecule has 1 aromatic carbocycles. The number of hydrogen-bond donors (Lipinski definition) is 1. The maximum Gasteiger partial charge on any atom is 0.224 e. The Labute approximate surface area is 114 Å². The van der Waals surface area contributed by atoms with Crippen LogP contribution in [0.1, 0.15) is 24.9 Å². The first-order valence-corrected chi connectivity index (χ1v) is 6.71. The smallest absolute Gasteiger partial charge is 0.224 e. The van der Waals surface area contributed by atoms with Crippen molar-refractivity contribution in [3.05, 3.63) is 33.3 Å². The number of likely N-dealkylation sites (N-methyl/N-ethyl adjacent to an activating group) is 1. The van der Waals surface area contributed by atoms with E-state index in [1.807, 2.05) is 25.1 Å². The Bertz CT molecular complexity index is 452. The van der Waals surface area contributed by atoms with Crippen LogP contribution in [0.3, 0.4) is 0 Å². The van der Waals surface area contributed by atoms with E-state index < -0.39 is 0 Å². The van der Waals surface area contributed by atoms with Gasteiger partial charge in [-0.05, 0) is 24.6 Å². The van der Waals surface area contributed by atoms with Crippen molar-refractivity contribution in [2.45, 2.75) is 25.4 Å². The van der Waals surface area contributed by atoms with Gasteiger partial charge in [-0.15, -0.1) is 0 Å². The molecule has 92 valence electrons. The zero-order valence-corrected chi connectivity index (χ0v) is 11.8. The zero-order chi connectivity index (χ0) is 12.6. The Morgan fingerprint density at radius 2 is 2.29 bits per heavy atom. The molecule has 1 aromatic rings. The standard InChI is InChI=1S/C12H14BrClN2O/c1-2-16-11(17)6-10(15)12(16)8-4-3-7(13)5-9(8)14/h3-5,10,12H,2,6,15H2,1H3. The molecule has 1 amide bonds. The van der Waals surface area contributed by atoms with Crippen molar-refractivity contribution in [3.8, 4) is 0 Å². The largest absolute Gasteiger partial charge is 0.334 e. The molecule has 0 bridgehead atoms. The van der Waals surface area contributed by atoms with E-state index in [9.17, 15) is 4.79 Å². The first-order chi connectivity index (χ1) is 8.04. The highest BCUT2D eigenvalue weighted by atomic mass is 79.9. The molecule has 1 aliphatic heterocycles. The molecule has 0 aromatic heterocycles. The summed E-state index contributed by atoms with van der Waals surface area (Å²) in [6.07, 6.45) is 0.394. The number of rotatable bonds is 2.